The molecule has 1 aromatic heterocycles. The van der Waals surface area contributed by atoms with E-state index in [0.717, 1.165) is 5.56 Å². The van der Waals surface area contributed by atoms with Gasteiger partial charge in [0.05, 0.1) is 16.9 Å². The molecule has 0 unspecified atom stereocenters. The van der Waals surface area contributed by atoms with Gasteiger partial charge in [-0.25, -0.2) is 5.43 Å². The van der Waals surface area contributed by atoms with Crippen LogP contribution >= 0.6 is 11.8 Å². The first kappa shape index (κ1) is 19.2. The Morgan fingerprint density at radius 2 is 2.04 bits per heavy atom. The van der Waals surface area contributed by atoms with Crippen molar-refractivity contribution < 1.29 is 9.72 Å². The summed E-state index contributed by atoms with van der Waals surface area (Å²) in [4.78, 5) is 22.2. The van der Waals surface area contributed by atoms with Crippen LogP contribution in [0.2, 0.25) is 0 Å². The minimum Gasteiger partial charge on any atom is -0.305 e. The van der Waals surface area contributed by atoms with Gasteiger partial charge >= 0.3 is 0 Å². The Morgan fingerprint density at radius 3 is 2.79 bits per heavy atom. The predicted molar refractivity (Wildman–Crippen MR) is 106 cm³/mol. The number of hydrazone groups is 1. The fraction of sp³-hybridized carbons (Fsp3) is 0.111. The predicted octanol–water partition coefficient (Wildman–Crippen LogP) is 2.63. The summed E-state index contributed by atoms with van der Waals surface area (Å²) in [6, 6.07) is 15.6. The van der Waals surface area contributed by atoms with Crippen LogP contribution in [0.3, 0.4) is 0 Å². The van der Waals surface area contributed by atoms with Gasteiger partial charge in [0, 0.05) is 30.3 Å². The summed E-state index contributed by atoms with van der Waals surface area (Å²) in [5.41, 5.74) is 3.81. The average molecular weight is 396 g/mol. The number of nitro benzene ring substituents is 1. The highest BCUT2D eigenvalue weighted by Gasteiger charge is 2.12. The third-order valence-corrected chi connectivity index (χ3v) is 4.70. The standard InChI is InChI=1S/C18H16N6O3S/c1-23-17(14-7-3-2-4-8-14)21-22-18(23)28-12-16(25)20-19-11-13-6-5-9-15(10-13)24(26)27/h2-11H,12H2,1H3,(H,20,25). The van der Waals surface area contributed by atoms with Crippen LogP contribution in [0, 0.1) is 10.1 Å². The number of nitro groups is 1. The third kappa shape index (κ3) is 4.80. The highest BCUT2D eigenvalue weighted by atomic mass is 32.2. The smallest absolute Gasteiger partial charge is 0.270 e. The fourth-order valence-electron chi connectivity index (χ4n) is 2.34. The van der Waals surface area contributed by atoms with Gasteiger partial charge in [0.25, 0.3) is 11.6 Å². The van der Waals surface area contributed by atoms with Crippen molar-refractivity contribution in [2.24, 2.45) is 12.1 Å². The number of amides is 1. The van der Waals surface area contributed by atoms with Gasteiger partial charge in [-0.2, -0.15) is 5.10 Å². The molecule has 0 aliphatic heterocycles. The first-order valence-electron chi connectivity index (χ1n) is 8.18. The maximum Gasteiger partial charge on any atom is 0.270 e. The lowest BCUT2D eigenvalue weighted by atomic mass is 10.2. The first-order chi connectivity index (χ1) is 13.5. The van der Waals surface area contributed by atoms with E-state index in [4.69, 9.17) is 0 Å². The molecule has 1 amide bonds. The lowest BCUT2D eigenvalue weighted by Crippen LogP contribution is -2.19. The van der Waals surface area contributed by atoms with Crippen molar-refractivity contribution in [1.82, 2.24) is 20.2 Å². The molecule has 0 saturated heterocycles. The molecule has 0 aliphatic rings. The minimum atomic E-state index is -0.489. The molecule has 3 aromatic rings. The number of benzene rings is 2. The number of non-ortho nitro benzene ring substituents is 1. The molecule has 28 heavy (non-hydrogen) atoms. The maximum atomic E-state index is 12.0. The number of aromatic nitrogens is 3. The van der Waals surface area contributed by atoms with Crippen molar-refractivity contribution >= 4 is 29.6 Å². The van der Waals surface area contributed by atoms with Crippen molar-refractivity contribution in [2.45, 2.75) is 5.16 Å². The minimum absolute atomic E-state index is 0.0395. The van der Waals surface area contributed by atoms with E-state index in [-0.39, 0.29) is 17.3 Å². The number of carbonyl (C=O) groups excluding carboxylic acids is 1. The Labute approximate surface area is 164 Å². The molecule has 1 N–H and O–H groups in total. The number of rotatable bonds is 7. The Balaban J connectivity index is 1.54. The van der Waals surface area contributed by atoms with Crippen LogP contribution in [0.15, 0.2) is 64.9 Å². The average Bonchev–Trinajstić information content (AvgIpc) is 3.07. The lowest BCUT2D eigenvalue weighted by molar-refractivity contribution is -0.384. The van der Waals surface area contributed by atoms with Crippen molar-refractivity contribution in [3.8, 4) is 11.4 Å². The van der Waals surface area contributed by atoms with Gasteiger partial charge in [-0.05, 0) is 0 Å². The molecule has 0 fully saturated rings. The molecule has 2 aromatic carbocycles. The van der Waals surface area contributed by atoms with Gasteiger partial charge in [-0.3, -0.25) is 14.9 Å². The molecule has 10 heteroatoms. The summed E-state index contributed by atoms with van der Waals surface area (Å²) in [6.07, 6.45) is 1.35. The molecule has 3 rings (SSSR count). The van der Waals surface area contributed by atoms with Gasteiger partial charge < -0.3 is 4.57 Å². The van der Waals surface area contributed by atoms with Crippen molar-refractivity contribution in [2.75, 3.05) is 5.75 Å². The molecule has 0 atom stereocenters. The molecule has 0 radical (unpaired) electrons. The van der Waals surface area contributed by atoms with Crippen molar-refractivity contribution in [3.05, 3.63) is 70.3 Å². The molecule has 0 aliphatic carbocycles. The second-order valence-corrected chi connectivity index (χ2v) is 6.61. The Morgan fingerprint density at radius 1 is 1.25 bits per heavy atom. The van der Waals surface area contributed by atoms with Crippen LogP contribution in [-0.2, 0) is 11.8 Å². The summed E-state index contributed by atoms with van der Waals surface area (Å²) in [6.45, 7) is 0. The van der Waals surface area contributed by atoms with E-state index in [1.807, 2.05) is 41.9 Å². The van der Waals surface area contributed by atoms with Gasteiger partial charge in [0.2, 0.25) is 0 Å². The van der Waals surface area contributed by atoms with Crippen molar-refractivity contribution in [3.63, 3.8) is 0 Å². The topological polar surface area (TPSA) is 115 Å². The molecule has 142 valence electrons. The SMILES string of the molecule is Cn1c(SCC(=O)NN=Cc2cccc([N+](=O)[O-])c2)nnc1-c1ccccc1. The molecule has 0 spiro atoms. The van der Waals surface area contributed by atoms with Crippen LogP contribution in [-0.4, -0.2) is 37.6 Å². The molecule has 1 heterocycles. The molecule has 0 bridgehead atoms. The third-order valence-electron chi connectivity index (χ3n) is 3.68. The van der Waals surface area contributed by atoms with Crippen LogP contribution < -0.4 is 5.43 Å². The molecule has 0 saturated carbocycles. The zero-order chi connectivity index (χ0) is 19.9. The fourth-order valence-corrected chi connectivity index (χ4v) is 3.04. The van der Waals surface area contributed by atoms with E-state index in [1.54, 1.807) is 12.1 Å². The molecular formula is C18H16N6O3S. The van der Waals surface area contributed by atoms with Crippen LogP contribution in [0.5, 0.6) is 0 Å². The van der Waals surface area contributed by atoms with E-state index in [1.165, 1.54) is 30.1 Å². The van der Waals surface area contributed by atoms with Crippen LogP contribution in [0.4, 0.5) is 5.69 Å². The first-order valence-corrected chi connectivity index (χ1v) is 9.17. The molecular weight excluding hydrogens is 380 g/mol. The lowest BCUT2D eigenvalue weighted by Gasteiger charge is -2.03. The second-order valence-electron chi connectivity index (χ2n) is 5.67. The van der Waals surface area contributed by atoms with Crippen molar-refractivity contribution in [1.29, 1.82) is 0 Å². The Hall–Kier alpha value is -3.53. The van der Waals surface area contributed by atoms with Gasteiger partial charge in [0.1, 0.15) is 0 Å². The largest absolute Gasteiger partial charge is 0.305 e. The number of nitrogens with one attached hydrogen (secondary N) is 1. The van der Waals surface area contributed by atoms with E-state index in [2.05, 4.69) is 20.7 Å². The summed E-state index contributed by atoms with van der Waals surface area (Å²) in [5.74, 6) is 0.496. The van der Waals surface area contributed by atoms with E-state index >= 15 is 0 Å². The Kier molecular flexibility index (Phi) is 6.12. The number of hydrogen-bond acceptors (Lipinski definition) is 7. The zero-order valence-electron chi connectivity index (χ0n) is 14.8. The monoisotopic (exact) mass is 396 g/mol. The number of carbonyl (C=O) groups is 1. The summed E-state index contributed by atoms with van der Waals surface area (Å²) < 4.78 is 1.82. The summed E-state index contributed by atoms with van der Waals surface area (Å²) in [7, 11) is 1.84. The van der Waals surface area contributed by atoms with E-state index in [0.29, 0.717) is 16.5 Å². The summed E-state index contributed by atoms with van der Waals surface area (Å²) >= 11 is 1.24. The van der Waals surface area contributed by atoms with Crippen LogP contribution in [0.1, 0.15) is 5.56 Å². The number of nitrogens with zero attached hydrogens (tertiary/aromatic N) is 5. The normalized spacial score (nSPS) is 10.9. The number of hydrogen-bond donors (Lipinski definition) is 1. The highest BCUT2D eigenvalue weighted by Crippen LogP contribution is 2.22. The molecule has 9 nitrogen and oxygen atoms in total. The van der Waals surface area contributed by atoms with Gasteiger partial charge in [-0.15, -0.1) is 10.2 Å². The Bertz CT molecular complexity index is 1020. The van der Waals surface area contributed by atoms with Gasteiger partial charge in [0.15, 0.2) is 11.0 Å². The van der Waals surface area contributed by atoms with Crippen LogP contribution in [0.25, 0.3) is 11.4 Å². The quantitative estimate of drug-likeness (QED) is 0.284. The summed E-state index contributed by atoms with van der Waals surface area (Å²) in [5, 5.41) is 23.5. The number of thioether (sulfide) groups is 1. The van der Waals surface area contributed by atoms with E-state index < -0.39 is 4.92 Å². The second kappa shape index (κ2) is 8.91. The van der Waals surface area contributed by atoms with Gasteiger partial charge in [-0.1, -0.05) is 54.2 Å². The zero-order valence-corrected chi connectivity index (χ0v) is 15.7. The van der Waals surface area contributed by atoms with E-state index in [9.17, 15) is 14.9 Å². The highest BCUT2D eigenvalue weighted by molar-refractivity contribution is 7.99. The maximum absolute atomic E-state index is 12.0.